The van der Waals surface area contributed by atoms with E-state index in [1.165, 1.54) is 0 Å². The Morgan fingerprint density at radius 2 is 2.27 bits per heavy atom. The van der Waals surface area contributed by atoms with Crippen LogP contribution in [0.3, 0.4) is 0 Å². The van der Waals surface area contributed by atoms with E-state index in [1.807, 2.05) is 0 Å². The molecular formula is C6H13NO3S. The maximum absolute atomic E-state index is 10.5. The number of rotatable bonds is 5. The molecule has 0 aromatic rings. The first-order chi connectivity index (χ1) is 5.13. The molecule has 0 aromatic heterocycles. The minimum Gasteiger partial charge on any atom is -0.480 e. The molecule has 0 saturated carbocycles. The van der Waals surface area contributed by atoms with Crippen LogP contribution in [0.25, 0.3) is 0 Å². The fourth-order valence-corrected chi connectivity index (χ4v) is 0.987. The Hall–Kier alpha value is -0.260. The van der Waals surface area contributed by atoms with Gasteiger partial charge in [-0.05, 0) is 12.2 Å². The van der Waals surface area contributed by atoms with Crippen molar-refractivity contribution in [3.63, 3.8) is 0 Å². The van der Waals surface area contributed by atoms with E-state index < -0.39 is 12.0 Å². The van der Waals surface area contributed by atoms with Gasteiger partial charge in [-0.3, -0.25) is 4.79 Å². The summed E-state index contributed by atoms with van der Waals surface area (Å²) in [5, 5.41) is 18.4. The Labute approximate surface area is 71.2 Å². The van der Waals surface area contributed by atoms with Gasteiger partial charge in [0.15, 0.2) is 0 Å². The normalized spacial score (nSPS) is 13.5. The summed E-state index contributed by atoms with van der Waals surface area (Å²) >= 11 is 3.89. The molecule has 0 bridgehead atoms. The Morgan fingerprint density at radius 3 is 2.55 bits per heavy atom. The average molecular weight is 179 g/mol. The molecule has 0 aliphatic heterocycles. The van der Waals surface area contributed by atoms with Gasteiger partial charge < -0.3 is 10.3 Å². The summed E-state index contributed by atoms with van der Waals surface area (Å²) in [5.41, 5.74) is 0. The van der Waals surface area contributed by atoms with Gasteiger partial charge in [-0.1, -0.05) is 6.92 Å². The van der Waals surface area contributed by atoms with Crippen LogP contribution in [0, 0.1) is 0 Å². The molecule has 0 aliphatic carbocycles. The van der Waals surface area contributed by atoms with E-state index in [0.29, 0.717) is 18.7 Å². The van der Waals surface area contributed by atoms with E-state index in [1.54, 1.807) is 6.92 Å². The lowest BCUT2D eigenvalue weighted by Gasteiger charge is -2.19. The predicted octanol–water partition coefficient (Wildman–Crippen LogP) is 0.471. The van der Waals surface area contributed by atoms with Crippen LogP contribution < -0.4 is 0 Å². The van der Waals surface area contributed by atoms with Crippen LogP contribution in [0.5, 0.6) is 0 Å². The lowest BCUT2D eigenvalue weighted by atomic mass is 10.2. The summed E-state index contributed by atoms with van der Waals surface area (Å²) < 4.78 is 0. The second kappa shape index (κ2) is 5.40. The van der Waals surface area contributed by atoms with Gasteiger partial charge in [0, 0.05) is 6.54 Å². The van der Waals surface area contributed by atoms with Crippen LogP contribution in [0.15, 0.2) is 0 Å². The maximum Gasteiger partial charge on any atom is 0.323 e. The Bertz CT molecular complexity index is 131. The standard InChI is InChI=1S/C6H13NO3S/c1-2-7(10)5(3-4-11)6(8)9/h5,10-11H,2-4H2,1H3,(H,8,9)/t5-/m0/s1. The number of carbonyl (C=O) groups is 1. The number of hydrogen-bond acceptors (Lipinski definition) is 4. The third-order valence-corrected chi connectivity index (χ3v) is 1.63. The van der Waals surface area contributed by atoms with Gasteiger partial charge in [0.05, 0.1) is 0 Å². The minimum atomic E-state index is -1.01. The number of aliphatic carboxylic acids is 1. The van der Waals surface area contributed by atoms with Crippen molar-refractivity contribution in [2.45, 2.75) is 19.4 Å². The summed E-state index contributed by atoms with van der Waals surface area (Å²) in [7, 11) is 0. The van der Waals surface area contributed by atoms with Crippen molar-refractivity contribution in [1.29, 1.82) is 0 Å². The molecule has 5 heteroatoms. The van der Waals surface area contributed by atoms with E-state index in [4.69, 9.17) is 10.3 Å². The summed E-state index contributed by atoms with van der Waals surface area (Å²) in [6, 6.07) is -0.822. The van der Waals surface area contributed by atoms with Crippen molar-refractivity contribution in [3.8, 4) is 0 Å². The highest BCUT2D eigenvalue weighted by molar-refractivity contribution is 7.80. The van der Waals surface area contributed by atoms with Gasteiger partial charge in [0.25, 0.3) is 0 Å². The first-order valence-corrected chi connectivity index (χ1v) is 4.05. The zero-order valence-electron chi connectivity index (χ0n) is 6.40. The average Bonchev–Trinajstić information content (AvgIpc) is 1.98. The van der Waals surface area contributed by atoms with Gasteiger partial charge in [-0.2, -0.15) is 17.7 Å². The van der Waals surface area contributed by atoms with Crippen LogP contribution in [0.2, 0.25) is 0 Å². The summed E-state index contributed by atoms with van der Waals surface area (Å²) in [6.07, 6.45) is 0.350. The van der Waals surface area contributed by atoms with Crippen molar-refractivity contribution in [2.24, 2.45) is 0 Å². The SMILES string of the molecule is CCN(O)[C@@H](CCS)C(=O)O. The van der Waals surface area contributed by atoms with E-state index in [2.05, 4.69) is 12.6 Å². The summed E-state index contributed by atoms with van der Waals surface area (Å²) in [6.45, 7) is 2.00. The minimum absolute atomic E-state index is 0.310. The zero-order chi connectivity index (χ0) is 8.85. The molecule has 0 aliphatic rings. The Morgan fingerprint density at radius 1 is 1.73 bits per heavy atom. The largest absolute Gasteiger partial charge is 0.480 e. The van der Waals surface area contributed by atoms with Gasteiger partial charge in [-0.15, -0.1) is 0 Å². The highest BCUT2D eigenvalue weighted by Crippen LogP contribution is 2.02. The van der Waals surface area contributed by atoms with Crippen LogP contribution in [0.1, 0.15) is 13.3 Å². The highest BCUT2D eigenvalue weighted by atomic mass is 32.1. The van der Waals surface area contributed by atoms with Crippen molar-refractivity contribution in [2.75, 3.05) is 12.3 Å². The van der Waals surface area contributed by atoms with Crippen LogP contribution in [-0.4, -0.2) is 39.7 Å². The van der Waals surface area contributed by atoms with E-state index >= 15 is 0 Å². The molecule has 0 fully saturated rings. The van der Waals surface area contributed by atoms with Crippen LogP contribution >= 0.6 is 12.6 Å². The number of hydrogen-bond donors (Lipinski definition) is 3. The second-order valence-corrected chi connectivity index (χ2v) is 2.57. The molecular weight excluding hydrogens is 166 g/mol. The molecule has 66 valence electrons. The summed E-state index contributed by atoms with van der Waals surface area (Å²) in [4.78, 5) is 10.5. The molecule has 1 atom stereocenters. The fourth-order valence-electron chi connectivity index (χ4n) is 0.743. The Balaban J connectivity index is 3.97. The van der Waals surface area contributed by atoms with E-state index in [-0.39, 0.29) is 0 Å². The third kappa shape index (κ3) is 3.60. The van der Waals surface area contributed by atoms with Crippen LogP contribution in [-0.2, 0) is 4.79 Å². The van der Waals surface area contributed by atoms with Crippen molar-refractivity contribution in [3.05, 3.63) is 0 Å². The molecule has 0 unspecified atom stereocenters. The van der Waals surface area contributed by atoms with Gasteiger partial charge in [-0.25, -0.2) is 0 Å². The molecule has 0 saturated heterocycles. The van der Waals surface area contributed by atoms with E-state index in [9.17, 15) is 4.79 Å². The number of hydroxylamine groups is 2. The highest BCUT2D eigenvalue weighted by Gasteiger charge is 2.21. The molecule has 2 N–H and O–H groups in total. The second-order valence-electron chi connectivity index (χ2n) is 2.12. The topological polar surface area (TPSA) is 60.8 Å². The lowest BCUT2D eigenvalue weighted by molar-refractivity contribution is -0.168. The fraction of sp³-hybridized carbons (Fsp3) is 0.833. The smallest absolute Gasteiger partial charge is 0.323 e. The molecule has 0 aromatic carbocycles. The molecule has 4 nitrogen and oxygen atoms in total. The molecule has 0 radical (unpaired) electrons. The monoisotopic (exact) mass is 179 g/mol. The number of nitrogens with zero attached hydrogens (tertiary/aromatic N) is 1. The number of thiol groups is 1. The van der Waals surface area contributed by atoms with Crippen molar-refractivity contribution in [1.82, 2.24) is 5.06 Å². The molecule has 0 spiro atoms. The quantitative estimate of drug-likeness (QED) is 0.424. The number of carboxylic acids is 1. The van der Waals surface area contributed by atoms with Gasteiger partial charge in [0.2, 0.25) is 0 Å². The lowest BCUT2D eigenvalue weighted by Crippen LogP contribution is -2.39. The first kappa shape index (κ1) is 10.7. The Kier molecular flexibility index (Phi) is 5.27. The van der Waals surface area contributed by atoms with E-state index in [0.717, 1.165) is 5.06 Å². The van der Waals surface area contributed by atoms with Gasteiger partial charge >= 0.3 is 5.97 Å². The van der Waals surface area contributed by atoms with Crippen molar-refractivity contribution < 1.29 is 15.1 Å². The predicted molar refractivity (Wildman–Crippen MR) is 44.1 cm³/mol. The maximum atomic E-state index is 10.5. The summed E-state index contributed by atoms with van der Waals surface area (Å²) in [5.74, 6) is -0.558. The number of carboxylic acid groups (broad SMARTS) is 1. The van der Waals surface area contributed by atoms with Gasteiger partial charge in [0.1, 0.15) is 6.04 Å². The number of likely N-dealkylation sites (N-methyl/N-ethyl adjacent to an activating group) is 1. The zero-order valence-corrected chi connectivity index (χ0v) is 7.29. The molecule has 0 rings (SSSR count). The molecule has 0 amide bonds. The molecule has 11 heavy (non-hydrogen) atoms. The van der Waals surface area contributed by atoms with Crippen LogP contribution in [0.4, 0.5) is 0 Å². The first-order valence-electron chi connectivity index (χ1n) is 3.42. The third-order valence-electron chi connectivity index (χ3n) is 1.37. The molecule has 0 heterocycles. The van der Waals surface area contributed by atoms with Crippen molar-refractivity contribution >= 4 is 18.6 Å².